The zero-order valence-electron chi connectivity index (χ0n) is 18.3. The van der Waals surface area contributed by atoms with Crippen LogP contribution in [0, 0.1) is 0 Å². The SMILES string of the molecule is O=C(NC1CCS(=O)(=O)C1)/C(=C\c1cccc(Oc2ccccc2)c1)NC(=O)c1ccccc1. The van der Waals surface area contributed by atoms with E-state index in [-0.39, 0.29) is 17.2 Å². The van der Waals surface area contributed by atoms with Crippen LogP contribution in [0.4, 0.5) is 0 Å². The Morgan fingerprint density at radius 3 is 2.24 bits per heavy atom. The Morgan fingerprint density at radius 2 is 1.56 bits per heavy atom. The van der Waals surface area contributed by atoms with Crippen molar-refractivity contribution >= 4 is 27.7 Å². The van der Waals surface area contributed by atoms with Crippen molar-refractivity contribution in [3.63, 3.8) is 0 Å². The van der Waals surface area contributed by atoms with E-state index in [0.29, 0.717) is 29.0 Å². The minimum atomic E-state index is -3.17. The lowest BCUT2D eigenvalue weighted by Gasteiger charge is -2.15. The predicted octanol–water partition coefficient (Wildman–Crippen LogP) is 3.55. The highest BCUT2D eigenvalue weighted by Gasteiger charge is 2.30. The first kappa shape index (κ1) is 23.3. The molecule has 4 rings (SSSR count). The number of hydrogen-bond acceptors (Lipinski definition) is 5. The van der Waals surface area contributed by atoms with E-state index in [4.69, 9.17) is 4.74 Å². The molecule has 1 heterocycles. The zero-order valence-corrected chi connectivity index (χ0v) is 19.1. The average molecular weight is 477 g/mol. The van der Waals surface area contributed by atoms with E-state index in [1.807, 2.05) is 30.3 Å². The first-order chi connectivity index (χ1) is 16.4. The maximum Gasteiger partial charge on any atom is 0.268 e. The third-order valence-corrected chi connectivity index (χ3v) is 7.01. The maximum absolute atomic E-state index is 13.0. The van der Waals surface area contributed by atoms with Gasteiger partial charge in [-0.3, -0.25) is 9.59 Å². The summed E-state index contributed by atoms with van der Waals surface area (Å²) in [6.45, 7) is 0. The Labute approximate surface area is 198 Å². The van der Waals surface area contributed by atoms with Gasteiger partial charge in [0.15, 0.2) is 9.84 Å². The summed E-state index contributed by atoms with van der Waals surface area (Å²) >= 11 is 0. The van der Waals surface area contributed by atoms with Crippen molar-refractivity contribution in [2.24, 2.45) is 0 Å². The number of para-hydroxylation sites is 1. The Hall–Kier alpha value is -3.91. The van der Waals surface area contributed by atoms with Crippen LogP contribution in [0.5, 0.6) is 11.5 Å². The molecule has 3 aromatic rings. The van der Waals surface area contributed by atoms with E-state index < -0.39 is 27.7 Å². The van der Waals surface area contributed by atoms with Crippen LogP contribution < -0.4 is 15.4 Å². The molecule has 1 fully saturated rings. The monoisotopic (exact) mass is 476 g/mol. The summed E-state index contributed by atoms with van der Waals surface area (Å²) in [5.41, 5.74) is 1.03. The maximum atomic E-state index is 13.0. The number of amides is 2. The van der Waals surface area contributed by atoms with Gasteiger partial charge >= 0.3 is 0 Å². The third-order valence-electron chi connectivity index (χ3n) is 5.24. The Balaban J connectivity index is 1.58. The van der Waals surface area contributed by atoms with Gasteiger partial charge in [0.2, 0.25) is 0 Å². The molecule has 34 heavy (non-hydrogen) atoms. The van der Waals surface area contributed by atoms with Crippen molar-refractivity contribution in [1.29, 1.82) is 0 Å². The lowest BCUT2D eigenvalue weighted by atomic mass is 10.1. The van der Waals surface area contributed by atoms with E-state index in [9.17, 15) is 18.0 Å². The second-order valence-corrected chi connectivity index (χ2v) is 10.2. The van der Waals surface area contributed by atoms with Crippen LogP contribution in [0.2, 0.25) is 0 Å². The number of ether oxygens (including phenoxy) is 1. The number of benzene rings is 3. The highest BCUT2D eigenvalue weighted by molar-refractivity contribution is 7.91. The van der Waals surface area contributed by atoms with Gasteiger partial charge in [-0.25, -0.2) is 8.42 Å². The Morgan fingerprint density at radius 1 is 0.882 bits per heavy atom. The van der Waals surface area contributed by atoms with Crippen LogP contribution in [-0.4, -0.2) is 37.8 Å². The minimum Gasteiger partial charge on any atom is -0.457 e. The summed E-state index contributed by atoms with van der Waals surface area (Å²) in [4.78, 5) is 25.8. The lowest BCUT2D eigenvalue weighted by Crippen LogP contribution is -2.41. The van der Waals surface area contributed by atoms with Gasteiger partial charge in [0.25, 0.3) is 11.8 Å². The highest BCUT2D eigenvalue weighted by Crippen LogP contribution is 2.23. The van der Waals surface area contributed by atoms with Crippen molar-refractivity contribution in [3.8, 4) is 11.5 Å². The fourth-order valence-electron chi connectivity index (χ4n) is 3.57. The molecule has 3 aromatic carbocycles. The second kappa shape index (κ2) is 10.4. The molecule has 8 heteroatoms. The number of sulfone groups is 1. The summed E-state index contributed by atoms with van der Waals surface area (Å²) < 4.78 is 29.4. The van der Waals surface area contributed by atoms with Gasteiger partial charge in [-0.1, -0.05) is 48.5 Å². The smallest absolute Gasteiger partial charge is 0.268 e. The number of rotatable bonds is 7. The van der Waals surface area contributed by atoms with Gasteiger partial charge in [-0.05, 0) is 54.5 Å². The molecule has 1 atom stereocenters. The molecule has 1 aliphatic heterocycles. The second-order valence-electron chi connectivity index (χ2n) is 7.94. The molecular formula is C26H24N2O5S. The van der Waals surface area contributed by atoms with Crippen LogP contribution in [0.3, 0.4) is 0 Å². The summed E-state index contributed by atoms with van der Waals surface area (Å²) in [6.07, 6.45) is 1.88. The van der Waals surface area contributed by atoms with Gasteiger partial charge in [-0.15, -0.1) is 0 Å². The quantitative estimate of drug-likeness (QED) is 0.508. The first-order valence-electron chi connectivity index (χ1n) is 10.8. The topological polar surface area (TPSA) is 102 Å². The summed E-state index contributed by atoms with van der Waals surface area (Å²) in [5.74, 6) is 0.154. The van der Waals surface area contributed by atoms with Crippen LogP contribution in [0.25, 0.3) is 6.08 Å². The zero-order chi connectivity index (χ0) is 24.0. The fourth-order valence-corrected chi connectivity index (χ4v) is 5.25. The number of hydrogen-bond donors (Lipinski definition) is 2. The van der Waals surface area contributed by atoms with Crippen LogP contribution in [0.15, 0.2) is 90.6 Å². The first-order valence-corrected chi connectivity index (χ1v) is 12.6. The molecule has 0 bridgehead atoms. The number of carbonyl (C=O) groups is 2. The standard InChI is InChI=1S/C26H24N2O5S/c29-25(20-9-3-1-4-10-20)28-24(26(30)27-21-14-15-34(31,32)18-21)17-19-8-7-13-23(16-19)33-22-11-5-2-6-12-22/h1-13,16-17,21H,14-15,18H2,(H,27,30)(H,28,29)/b24-17+. The third kappa shape index (κ3) is 6.32. The minimum absolute atomic E-state index is 0.00927. The van der Waals surface area contributed by atoms with Crippen molar-refractivity contribution < 1.29 is 22.7 Å². The normalized spacial score (nSPS) is 17.1. The van der Waals surface area contributed by atoms with Crippen molar-refractivity contribution in [3.05, 3.63) is 102 Å². The molecule has 0 spiro atoms. The number of carbonyl (C=O) groups excluding carboxylic acids is 2. The molecule has 0 aromatic heterocycles. The number of nitrogens with one attached hydrogen (secondary N) is 2. The average Bonchev–Trinajstić information content (AvgIpc) is 3.18. The molecule has 0 aliphatic carbocycles. The molecule has 0 saturated carbocycles. The Kier molecular flexibility index (Phi) is 7.08. The van der Waals surface area contributed by atoms with E-state index in [1.165, 1.54) is 6.08 Å². The van der Waals surface area contributed by atoms with Gasteiger partial charge in [-0.2, -0.15) is 0 Å². The van der Waals surface area contributed by atoms with E-state index in [2.05, 4.69) is 10.6 Å². The van der Waals surface area contributed by atoms with Crippen LogP contribution in [0.1, 0.15) is 22.3 Å². The van der Waals surface area contributed by atoms with E-state index in [0.717, 1.165) is 0 Å². The molecule has 1 aliphatic rings. The van der Waals surface area contributed by atoms with Gasteiger partial charge in [0.1, 0.15) is 17.2 Å². The lowest BCUT2D eigenvalue weighted by molar-refractivity contribution is -0.118. The Bertz CT molecular complexity index is 1310. The molecule has 174 valence electrons. The summed E-state index contributed by atoms with van der Waals surface area (Å²) in [7, 11) is -3.17. The highest BCUT2D eigenvalue weighted by atomic mass is 32.2. The van der Waals surface area contributed by atoms with Crippen molar-refractivity contribution in [2.45, 2.75) is 12.5 Å². The molecular weight excluding hydrogens is 452 g/mol. The molecule has 1 unspecified atom stereocenters. The van der Waals surface area contributed by atoms with Gasteiger partial charge in [0, 0.05) is 11.6 Å². The van der Waals surface area contributed by atoms with Crippen molar-refractivity contribution in [2.75, 3.05) is 11.5 Å². The largest absolute Gasteiger partial charge is 0.457 e. The van der Waals surface area contributed by atoms with E-state index in [1.54, 1.807) is 54.6 Å². The molecule has 2 amide bonds. The fraction of sp³-hybridized carbons (Fsp3) is 0.154. The molecule has 1 saturated heterocycles. The van der Waals surface area contributed by atoms with E-state index >= 15 is 0 Å². The molecule has 0 radical (unpaired) electrons. The van der Waals surface area contributed by atoms with Gasteiger partial charge < -0.3 is 15.4 Å². The van der Waals surface area contributed by atoms with Crippen molar-refractivity contribution in [1.82, 2.24) is 10.6 Å². The molecule has 7 nitrogen and oxygen atoms in total. The van der Waals surface area contributed by atoms with Crippen LogP contribution >= 0.6 is 0 Å². The summed E-state index contributed by atoms with van der Waals surface area (Å²) in [6, 6.07) is 24.4. The van der Waals surface area contributed by atoms with Gasteiger partial charge in [0.05, 0.1) is 11.5 Å². The molecule has 2 N–H and O–H groups in total. The summed E-state index contributed by atoms with van der Waals surface area (Å²) in [5, 5.41) is 5.40. The van der Waals surface area contributed by atoms with Crippen LogP contribution in [-0.2, 0) is 14.6 Å². The predicted molar refractivity (Wildman–Crippen MR) is 130 cm³/mol.